The fraction of sp³-hybridized carbons (Fsp3) is 0.452. The van der Waals surface area contributed by atoms with Crippen molar-refractivity contribution in [3.8, 4) is 17.6 Å². The molecule has 44 heavy (non-hydrogen) atoms. The molecule has 3 N–H and O–H groups in total. The Labute approximate surface area is 253 Å². The van der Waals surface area contributed by atoms with Gasteiger partial charge in [0.05, 0.1) is 62.0 Å². The molecule has 1 aliphatic heterocycles. The number of carbonyl (C=O) groups excluding carboxylic acids is 1. The highest BCUT2D eigenvalue weighted by Gasteiger charge is 2.32. The van der Waals surface area contributed by atoms with Crippen LogP contribution in [0.4, 0.5) is 28.9 Å². The molecule has 0 radical (unpaired) electrons. The number of anilines is 2. The summed E-state index contributed by atoms with van der Waals surface area (Å²) < 4.78 is 72.1. The number of carbonyl (C=O) groups is 1. The van der Waals surface area contributed by atoms with Gasteiger partial charge in [0.15, 0.2) is 0 Å². The molecule has 0 saturated carbocycles. The summed E-state index contributed by atoms with van der Waals surface area (Å²) in [5.41, 5.74) is 1.82. The van der Waals surface area contributed by atoms with Crippen LogP contribution in [0.3, 0.4) is 0 Å². The summed E-state index contributed by atoms with van der Waals surface area (Å²) in [5.74, 6) is 5.55. The van der Waals surface area contributed by atoms with Crippen molar-refractivity contribution in [1.82, 2.24) is 9.47 Å². The standard InChI is InChI=1S/C31H36F4N4O5/c1-42-18-22(40)16-38-13-11-26(24(32)17-38)37-25-7-4-8-28-23(25)15-21(39(28)19-31(33,34)35)6-5-12-36-27-10-9-20(30(41)44-3)14-29(27)43-2/h4,7-10,14-15,22,24,26,36-37,40H,11-13,16-19H2,1-3H3/t22?,24-,26+/m1/s1. The van der Waals surface area contributed by atoms with Crippen LogP contribution in [0.2, 0.25) is 0 Å². The van der Waals surface area contributed by atoms with Gasteiger partial charge < -0.3 is 34.5 Å². The second kappa shape index (κ2) is 14.7. The number of halogens is 4. The zero-order valence-corrected chi connectivity index (χ0v) is 24.7. The Balaban J connectivity index is 1.53. The number of hydrogen-bond acceptors (Lipinski definition) is 8. The van der Waals surface area contributed by atoms with Gasteiger partial charge in [0.1, 0.15) is 18.5 Å². The lowest BCUT2D eigenvalue weighted by Gasteiger charge is -2.36. The molecule has 0 aliphatic carbocycles. The van der Waals surface area contributed by atoms with Gasteiger partial charge in [0, 0.05) is 37.8 Å². The molecule has 3 atom stereocenters. The minimum absolute atomic E-state index is 0.0771. The number of nitrogens with zero attached hydrogens (tertiary/aromatic N) is 2. The highest BCUT2D eigenvalue weighted by Crippen LogP contribution is 2.32. The number of fused-ring (bicyclic) bond motifs is 1. The molecule has 1 unspecified atom stereocenters. The van der Waals surface area contributed by atoms with E-state index in [4.69, 9.17) is 14.2 Å². The molecule has 0 bridgehead atoms. The van der Waals surface area contributed by atoms with E-state index < -0.39 is 37.0 Å². The first-order valence-corrected chi connectivity index (χ1v) is 14.0. The lowest BCUT2D eigenvalue weighted by Crippen LogP contribution is -2.50. The zero-order chi connectivity index (χ0) is 31.9. The summed E-state index contributed by atoms with van der Waals surface area (Å²) in [5, 5.41) is 16.7. The molecule has 0 spiro atoms. The monoisotopic (exact) mass is 620 g/mol. The summed E-state index contributed by atoms with van der Waals surface area (Å²) in [4.78, 5) is 13.6. The number of nitrogens with one attached hydrogen (secondary N) is 2. The molecule has 1 fully saturated rings. The second-order valence-electron chi connectivity index (χ2n) is 10.5. The van der Waals surface area contributed by atoms with Crippen LogP contribution in [0.25, 0.3) is 10.9 Å². The van der Waals surface area contributed by atoms with Gasteiger partial charge in [-0.25, -0.2) is 9.18 Å². The van der Waals surface area contributed by atoms with E-state index in [1.807, 2.05) is 4.90 Å². The topological polar surface area (TPSA) is 97.2 Å². The summed E-state index contributed by atoms with van der Waals surface area (Å²) in [6.07, 6.45) is -6.02. The van der Waals surface area contributed by atoms with E-state index in [1.54, 1.807) is 36.4 Å². The number of aromatic nitrogens is 1. The molecular weight excluding hydrogens is 584 g/mol. The van der Waals surface area contributed by atoms with Gasteiger partial charge in [-0.2, -0.15) is 13.2 Å². The zero-order valence-electron chi connectivity index (χ0n) is 24.7. The van der Waals surface area contributed by atoms with Gasteiger partial charge in [-0.3, -0.25) is 4.90 Å². The highest BCUT2D eigenvalue weighted by molar-refractivity contribution is 5.94. The number of likely N-dealkylation sites (tertiary alicyclic amines) is 1. The van der Waals surface area contributed by atoms with Crippen LogP contribution in [-0.2, 0) is 16.0 Å². The van der Waals surface area contributed by atoms with Gasteiger partial charge in [0.2, 0.25) is 0 Å². The lowest BCUT2D eigenvalue weighted by molar-refractivity contribution is -0.140. The molecule has 238 valence electrons. The molecule has 2 heterocycles. The van der Waals surface area contributed by atoms with Crippen LogP contribution < -0.4 is 15.4 Å². The third-order valence-electron chi connectivity index (χ3n) is 7.28. The van der Waals surface area contributed by atoms with Crippen molar-refractivity contribution in [1.29, 1.82) is 0 Å². The van der Waals surface area contributed by atoms with E-state index in [9.17, 15) is 23.1 Å². The maximum atomic E-state index is 15.2. The van der Waals surface area contributed by atoms with Crippen LogP contribution >= 0.6 is 0 Å². The van der Waals surface area contributed by atoms with E-state index in [0.29, 0.717) is 53.1 Å². The first-order valence-electron chi connectivity index (χ1n) is 14.0. The molecule has 3 aromatic rings. The van der Waals surface area contributed by atoms with Crippen molar-refractivity contribution < 1.29 is 41.7 Å². The number of piperidine rings is 1. The fourth-order valence-electron chi connectivity index (χ4n) is 5.26. The Morgan fingerprint density at radius 3 is 2.64 bits per heavy atom. The number of β-amino-alcohol motifs (C(OH)–C–C–N with tert-alkyl or cyclic N) is 1. The number of esters is 1. The average Bonchev–Trinajstić information content (AvgIpc) is 3.32. The van der Waals surface area contributed by atoms with Crippen LogP contribution in [-0.4, -0.2) is 99.2 Å². The van der Waals surface area contributed by atoms with Crippen molar-refractivity contribution in [2.45, 2.75) is 37.5 Å². The SMILES string of the molecule is COCC(O)CN1CC[C@H](Nc2cccc3c2cc(C#CCNc2ccc(C(=O)OC)cc2OC)n3CC(F)(F)F)[C@H](F)C1. The largest absolute Gasteiger partial charge is 0.495 e. The normalized spacial score (nSPS) is 17.9. The minimum Gasteiger partial charge on any atom is -0.495 e. The summed E-state index contributed by atoms with van der Waals surface area (Å²) in [6.45, 7) is -0.0554. The lowest BCUT2D eigenvalue weighted by atomic mass is 10.0. The van der Waals surface area contributed by atoms with E-state index in [0.717, 1.165) is 4.57 Å². The van der Waals surface area contributed by atoms with E-state index >= 15 is 4.39 Å². The Morgan fingerprint density at radius 1 is 1.16 bits per heavy atom. The summed E-state index contributed by atoms with van der Waals surface area (Å²) in [6, 6.07) is 10.6. The van der Waals surface area contributed by atoms with E-state index in [2.05, 4.69) is 22.5 Å². The Hall–Kier alpha value is -3.99. The van der Waals surface area contributed by atoms with Crippen molar-refractivity contribution in [3.63, 3.8) is 0 Å². The minimum atomic E-state index is -4.50. The second-order valence-corrected chi connectivity index (χ2v) is 10.5. The molecule has 1 aliphatic rings. The van der Waals surface area contributed by atoms with E-state index in [1.165, 1.54) is 27.4 Å². The third-order valence-corrected chi connectivity index (χ3v) is 7.28. The number of aliphatic hydroxyl groups excluding tert-OH is 1. The van der Waals surface area contributed by atoms with E-state index in [-0.39, 0.29) is 25.4 Å². The smallest absolute Gasteiger partial charge is 0.406 e. The van der Waals surface area contributed by atoms with Crippen LogP contribution in [0, 0.1) is 11.8 Å². The maximum absolute atomic E-state index is 15.2. The van der Waals surface area contributed by atoms with Crippen molar-refractivity contribution in [2.24, 2.45) is 0 Å². The maximum Gasteiger partial charge on any atom is 0.406 e. The molecule has 1 aromatic heterocycles. The molecule has 0 amide bonds. The summed E-state index contributed by atoms with van der Waals surface area (Å²) in [7, 11) is 4.20. The first-order chi connectivity index (χ1) is 21.0. The van der Waals surface area contributed by atoms with Crippen molar-refractivity contribution in [3.05, 3.63) is 53.7 Å². The van der Waals surface area contributed by atoms with Crippen LogP contribution in [0.15, 0.2) is 42.5 Å². The predicted molar refractivity (Wildman–Crippen MR) is 159 cm³/mol. The van der Waals surface area contributed by atoms with Gasteiger partial charge in [-0.1, -0.05) is 12.0 Å². The number of methoxy groups -OCH3 is 3. The number of alkyl halides is 4. The number of benzene rings is 2. The van der Waals surface area contributed by atoms with Gasteiger partial charge in [0.25, 0.3) is 0 Å². The van der Waals surface area contributed by atoms with Gasteiger partial charge >= 0.3 is 12.1 Å². The predicted octanol–water partition coefficient (Wildman–Crippen LogP) is 4.29. The summed E-state index contributed by atoms with van der Waals surface area (Å²) >= 11 is 0. The van der Waals surface area contributed by atoms with Crippen molar-refractivity contribution in [2.75, 3.05) is 64.7 Å². The first kappa shape index (κ1) is 32.9. The number of aliphatic hydroxyl groups is 1. The van der Waals surface area contributed by atoms with Gasteiger partial charge in [-0.05, 0) is 48.7 Å². The highest BCUT2D eigenvalue weighted by atomic mass is 19.4. The Kier molecular flexibility index (Phi) is 11.0. The molecule has 1 saturated heterocycles. The third kappa shape index (κ3) is 8.34. The quantitative estimate of drug-likeness (QED) is 0.166. The Bertz CT molecular complexity index is 1500. The van der Waals surface area contributed by atoms with Gasteiger partial charge in [-0.15, -0.1) is 0 Å². The number of rotatable bonds is 11. The van der Waals surface area contributed by atoms with Crippen LogP contribution in [0.1, 0.15) is 22.5 Å². The molecule has 9 nitrogen and oxygen atoms in total. The Morgan fingerprint density at radius 2 is 1.95 bits per heavy atom. The molecule has 4 rings (SSSR count). The number of ether oxygens (including phenoxy) is 3. The fourth-order valence-corrected chi connectivity index (χ4v) is 5.26. The molecular formula is C31H36F4N4O5. The van der Waals surface area contributed by atoms with Crippen LogP contribution in [0.5, 0.6) is 5.75 Å². The number of hydrogen-bond donors (Lipinski definition) is 3. The van der Waals surface area contributed by atoms with Crippen molar-refractivity contribution >= 4 is 28.2 Å². The molecule has 2 aromatic carbocycles. The molecule has 13 heteroatoms. The average molecular weight is 621 g/mol.